The van der Waals surface area contributed by atoms with Gasteiger partial charge in [0.2, 0.25) is 0 Å². The SMILES string of the molecule is COCCn1c(=NC(=O)c2cccc([N+](=O)[O-])c2)sc2cccc(OC)c21. The van der Waals surface area contributed by atoms with Crippen LogP contribution >= 0.6 is 11.3 Å². The van der Waals surface area contributed by atoms with Crippen LogP contribution in [0.1, 0.15) is 10.4 Å². The van der Waals surface area contributed by atoms with Crippen LogP contribution in [-0.2, 0) is 11.3 Å². The molecule has 1 amide bonds. The topological polar surface area (TPSA) is 96.0 Å². The van der Waals surface area contributed by atoms with Crippen molar-refractivity contribution in [2.75, 3.05) is 20.8 Å². The van der Waals surface area contributed by atoms with E-state index in [0.717, 1.165) is 10.2 Å². The van der Waals surface area contributed by atoms with Crippen molar-refractivity contribution in [3.63, 3.8) is 0 Å². The largest absolute Gasteiger partial charge is 0.495 e. The molecule has 27 heavy (non-hydrogen) atoms. The van der Waals surface area contributed by atoms with Crippen molar-refractivity contribution < 1.29 is 19.2 Å². The molecule has 1 heterocycles. The molecule has 0 aliphatic rings. The Hall–Kier alpha value is -3.04. The minimum atomic E-state index is -0.546. The van der Waals surface area contributed by atoms with E-state index in [-0.39, 0.29) is 11.3 Å². The molecule has 2 aromatic carbocycles. The number of thiazole rings is 1. The van der Waals surface area contributed by atoms with Gasteiger partial charge in [-0.2, -0.15) is 4.99 Å². The molecule has 0 unspecified atom stereocenters. The lowest BCUT2D eigenvalue weighted by Crippen LogP contribution is -2.19. The predicted molar refractivity (Wildman–Crippen MR) is 101 cm³/mol. The Morgan fingerprint density at radius 2 is 2.04 bits per heavy atom. The summed E-state index contributed by atoms with van der Waals surface area (Å²) in [6, 6.07) is 11.1. The Morgan fingerprint density at radius 1 is 1.26 bits per heavy atom. The average Bonchev–Trinajstić information content (AvgIpc) is 3.03. The maximum Gasteiger partial charge on any atom is 0.279 e. The number of nitro benzene ring substituents is 1. The summed E-state index contributed by atoms with van der Waals surface area (Å²) < 4.78 is 13.4. The number of rotatable bonds is 6. The molecule has 1 aromatic heterocycles. The fourth-order valence-electron chi connectivity index (χ4n) is 2.64. The zero-order valence-corrected chi connectivity index (χ0v) is 15.6. The van der Waals surface area contributed by atoms with E-state index in [4.69, 9.17) is 9.47 Å². The van der Waals surface area contributed by atoms with Crippen molar-refractivity contribution >= 4 is 33.1 Å². The van der Waals surface area contributed by atoms with Crippen LogP contribution in [0.15, 0.2) is 47.5 Å². The zero-order chi connectivity index (χ0) is 19.4. The molecule has 140 valence electrons. The molecule has 0 saturated carbocycles. The Labute approximate surface area is 158 Å². The number of ether oxygens (including phenoxy) is 2. The first-order chi connectivity index (χ1) is 13.0. The van der Waals surface area contributed by atoms with Crippen molar-refractivity contribution in [3.05, 3.63) is 62.9 Å². The fourth-order valence-corrected chi connectivity index (χ4v) is 3.71. The third-order valence-electron chi connectivity index (χ3n) is 3.90. The number of carbonyl (C=O) groups excluding carboxylic acids is 1. The molecule has 0 atom stereocenters. The number of fused-ring (bicyclic) bond motifs is 1. The molecule has 8 nitrogen and oxygen atoms in total. The van der Waals surface area contributed by atoms with Crippen LogP contribution in [0.4, 0.5) is 5.69 Å². The molecule has 0 aliphatic heterocycles. The van der Waals surface area contributed by atoms with E-state index in [1.54, 1.807) is 14.2 Å². The van der Waals surface area contributed by atoms with Crippen molar-refractivity contribution in [3.8, 4) is 5.75 Å². The van der Waals surface area contributed by atoms with E-state index in [2.05, 4.69) is 4.99 Å². The van der Waals surface area contributed by atoms with Crippen molar-refractivity contribution in [2.45, 2.75) is 6.54 Å². The van der Waals surface area contributed by atoms with Gasteiger partial charge in [0.25, 0.3) is 11.6 Å². The maximum absolute atomic E-state index is 12.6. The van der Waals surface area contributed by atoms with Crippen LogP contribution in [0, 0.1) is 10.1 Å². The first-order valence-electron chi connectivity index (χ1n) is 8.04. The molecule has 0 spiro atoms. The van der Waals surface area contributed by atoms with Crippen molar-refractivity contribution in [2.24, 2.45) is 4.99 Å². The molecular weight excluding hydrogens is 370 g/mol. The van der Waals surface area contributed by atoms with Gasteiger partial charge in [0.1, 0.15) is 11.3 Å². The molecular formula is C18H17N3O5S. The van der Waals surface area contributed by atoms with Crippen LogP contribution in [0.3, 0.4) is 0 Å². The van der Waals surface area contributed by atoms with E-state index in [1.165, 1.54) is 35.6 Å². The number of hydrogen-bond acceptors (Lipinski definition) is 6. The molecule has 0 bridgehead atoms. The fraction of sp³-hybridized carbons (Fsp3) is 0.222. The van der Waals surface area contributed by atoms with Crippen LogP contribution < -0.4 is 9.54 Å². The normalized spacial score (nSPS) is 11.7. The highest BCUT2D eigenvalue weighted by Gasteiger charge is 2.14. The summed E-state index contributed by atoms with van der Waals surface area (Å²) in [5.41, 5.74) is 0.834. The molecule has 0 N–H and O–H groups in total. The smallest absolute Gasteiger partial charge is 0.279 e. The third-order valence-corrected chi connectivity index (χ3v) is 4.95. The highest BCUT2D eigenvalue weighted by atomic mass is 32.1. The van der Waals surface area contributed by atoms with Gasteiger partial charge in [-0.3, -0.25) is 14.9 Å². The van der Waals surface area contributed by atoms with Gasteiger partial charge < -0.3 is 14.0 Å². The van der Waals surface area contributed by atoms with E-state index >= 15 is 0 Å². The monoisotopic (exact) mass is 387 g/mol. The lowest BCUT2D eigenvalue weighted by molar-refractivity contribution is -0.384. The third kappa shape index (κ3) is 3.88. The summed E-state index contributed by atoms with van der Waals surface area (Å²) in [5.74, 6) is 0.125. The summed E-state index contributed by atoms with van der Waals surface area (Å²) in [5, 5.41) is 10.9. The van der Waals surface area contributed by atoms with Gasteiger partial charge in [0.05, 0.1) is 23.3 Å². The summed E-state index contributed by atoms with van der Waals surface area (Å²) in [7, 11) is 3.18. The van der Waals surface area contributed by atoms with Gasteiger partial charge in [-0.15, -0.1) is 0 Å². The average molecular weight is 387 g/mol. The second kappa shape index (κ2) is 8.11. The molecule has 3 rings (SSSR count). The van der Waals surface area contributed by atoms with E-state index < -0.39 is 10.8 Å². The number of carbonyl (C=O) groups is 1. The minimum Gasteiger partial charge on any atom is -0.495 e. The number of hydrogen-bond donors (Lipinski definition) is 0. The maximum atomic E-state index is 12.6. The van der Waals surface area contributed by atoms with Crippen molar-refractivity contribution in [1.29, 1.82) is 0 Å². The number of methoxy groups -OCH3 is 2. The zero-order valence-electron chi connectivity index (χ0n) is 14.7. The first kappa shape index (κ1) is 18.7. The predicted octanol–water partition coefficient (Wildman–Crippen LogP) is 3.01. The number of benzene rings is 2. The molecule has 0 aliphatic carbocycles. The van der Waals surface area contributed by atoms with Gasteiger partial charge in [0, 0.05) is 31.4 Å². The lowest BCUT2D eigenvalue weighted by atomic mass is 10.2. The van der Waals surface area contributed by atoms with Gasteiger partial charge in [-0.1, -0.05) is 23.5 Å². The van der Waals surface area contributed by atoms with Gasteiger partial charge >= 0.3 is 0 Å². The second-order valence-corrected chi connectivity index (χ2v) is 6.57. The highest BCUT2D eigenvalue weighted by molar-refractivity contribution is 7.16. The van der Waals surface area contributed by atoms with Crippen LogP contribution in [0.25, 0.3) is 10.2 Å². The van der Waals surface area contributed by atoms with Crippen LogP contribution in [-0.4, -0.2) is 36.2 Å². The molecule has 0 fully saturated rings. The molecule has 0 saturated heterocycles. The van der Waals surface area contributed by atoms with Crippen molar-refractivity contribution in [1.82, 2.24) is 4.57 Å². The Kier molecular flexibility index (Phi) is 5.63. The minimum absolute atomic E-state index is 0.152. The number of nitro groups is 1. The van der Waals surface area contributed by atoms with E-state index in [9.17, 15) is 14.9 Å². The number of amides is 1. The standard InChI is InChI=1S/C18H17N3O5S/c1-25-10-9-20-16-14(26-2)7-4-8-15(16)27-18(20)19-17(22)12-5-3-6-13(11-12)21(23)24/h3-8,11H,9-10H2,1-2H3. The Balaban J connectivity index is 2.13. The van der Waals surface area contributed by atoms with Crippen LogP contribution in [0.5, 0.6) is 5.75 Å². The number of nitrogens with zero attached hydrogens (tertiary/aromatic N) is 3. The quantitative estimate of drug-likeness (QED) is 0.478. The number of para-hydroxylation sites is 1. The number of non-ortho nitro benzene ring substituents is 1. The van der Waals surface area contributed by atoms with Crippen LogP contribution in [0.2, 0.25) is 0 Å². The summed E-state index contributed by atoms with van der Waals surface area (Å²) in [6.45, 7) is 0.917. The van der Waals surface area contributed by atoms with Gasteiger partial charge in [0.15, 0.2) is 4.80 Å². The summed E-state index contributed by atoms with van der Waals surface area (Å²) in [4.78, 5) is 27.7. The Bertz CT molecular complexity index is 1070. The summed E-state index contributed by atoms with van der Waals surface area (Å²) >= 11 is 1.34. The van der Waals surface area contributed by atoms with Gasteiger partial charge in [-0.05, 0) is 18.2 Å². The summed E-state index contributed by atoms with van der Waals surface area (Å²) in [6.07, 6.45) is 0. The van der Waals surface area contributed by atoms with Gasteiger partial charge in [-0.25, -0.2) is 0 Å². The van der Waals surface area contributed by atoms with E-state index in [0.29, 0.717) is 23.7 Å². The molecule has 0 radical (unpaired) electrons. The van der Waals surface area contributed by atoms with E-state index in [1.807, 2.05) is 22.8 Å². The molecule has 9 heteroatoms. The Morgan fingerprint density at radius 3 is 2.74 bits per heavy atom. The molecule has 3 aromatic rings. The lowest BCUT2D eigenvalue weighted by Gasteiger charge is -2.07. The second-order valence-electron chi connectivity index (χ2n) is 5.56. The first-order valence-corrected chi connectivity index (χ1v) is 8.85. The highest BCUT2D eigenvalue weighted by Crippen LogP contribution is 2.27. The number of aromatic nitrogens is 1.